The second-order valence-corrected chi connectivity index (χ2v) is 3.90. The van der Waals surface area contributed by atoms with E-state index in [0.717, 1.165) is 18.9 Å². The first-order valence-electron chi connectivity index (χ1n) is 4.74. The van der Waals surface area contributed by atoms with Crippen LogP contribution in [-0.2, 0) is 6.18 Å². The number of hydrogen-bond donors (Lipinski definition) is 1. The van der Waals surface area contributed by atoms with Crippen LogP contribution < -0.4 is 5.73 Å². The summed E-state index contributed by atoms with van der Waals surface area (Å²) in [5.74, 6) is 0.131. The molecular weight excluding hydrogens is 205 g/mol. The van der Waals surface area contributed by atoms with Gasteiger partial charge < -0.3 is 5.73 Å². The van der Waals surface area contributed by atoms with E-state index in [0.29, 0.717) is 16.9 Å². The van der Waals surface area contributed by atoms with Crippen LogP contribution in [0.1, 0.15) is 35.7 Å². The first-order valence-corrected chi connectivity index (χ1v) is 4.74. The topological polar surface area (TPSA) is 38.9 Å². The zero-order chi connectivity index (χ0) is 11.2. The molecule has 0 aliphatic heterocycles. The van der Waals surface area contributed by atoms with Crippen LogP contribution in [0.3, 0.4) is 0 Å². The number of aryl methyl sites for hydroxylation is 1. The summed E-state index contributed by atoms with van der Waals surface area (Å²) in [5.41, 5.74) is 6.15. The third-order valence-corrected chi connectivity index (χ3v) is 2.55. The van der Waals surface area contributed by atoms with Crippen molar-refractivity contribution in [3.05, 3.63) is 23.0 Å². The number of alkyl halides is 3. The van der Waals surface area contributed by atoms with E-state index in [9.17, 15) is 13.2 Å². The van der Waals surface area contributed by atoms with Crippen LogP contribution in [0.15, 0.2) is 6.07 Å². The summed E-state index contributed by atoms with van der Waals surface area (Å²) >= 11 is 0. The third-order valence-electron chi connectivity index (χ3n) is 2.55. The van der Waals surface area contributed by atoms with Crippen molar-refractivity contribution < 1.29 is 13.2 Å². The molecule has 15 heavy (non-hydrogen) atoms. The molecule has 1 aromatic rings. The van der Waals surface area contributed by atoms with Gasteiger partial charge in [0, 0.05) is 5.92 Å². The molecule has 1 aliphatic carbocycles. The predicted molar refractivity (Wildman–Crippen MR) is 50.4 cm³/mol. The summed E-state index contributed by atoms with van der Waals surface area (Å²) in [6.07, 6.45) is -2.61. The van der Waals surface area contributed by atoms with E-state index >= 15 is 0 Å². The molecule has 0 atom stereocenters. The van der Waals surface area contributed by atoms with Crippen molar-refractivity contribution in [2.75, 3.05) is 5.73 Å². The van der Waals surface area contributed by atoms with Crippen molar-refractivity contribution in [1.29, 1.82) is 0 Å². The minimum absolute atomic E-state index is 0.131. The highest BCUT2D eigenvalue weighted by molar-refractivity contribution is 5.53. The van der Waals surface area contributed by atoms with Gasteiger partial charge in [-0.1, -0.05) is 0 Å². The van der Waals surface area contributed by atoms with Crippen LogP contribution in [-0.4, -0.2) is 4.98 Å². The average molecular weight is 216 g/mol. The Morgan fingerprint density at radius 3 is 2.47 bits per heavy atom. The van der Waals surface area contributed by atoms with E-state index in [1.54, 1.807) is 6.92 Å². The lowest BCUT2D eigenvalue weighted by molar-refractivity contribution is -0.141. The molecule has 0 saturated heterocycles. The van der Waals surface area contributed by atoms with E-state index in [-0.39, 0.29) is 5.92 Å². The molecule has 1 aromatic heterocycles. The number of nitrogens with two attached hydrogens (primary N) is 1. The standard InChI is InChI=1S/C10H11F3N2/c1-5-4-7(10(11,12)13)15-9(8(5)14)6-2-3-6/h4,6H,2-3,14H2,1H3. The Morgan fingerprint density at radius 2 is 2.00 bits per heavy atom. The number of aromatic nitrogens is 1. The molecule has 2 N–H and O–H groups in total. The smallest absolute Gasteiger partial charge is 0.397 e. The molecule has 1 fully saturated rings. The van der Waals surface area contributed by atoms with E-state index < -0.39 is 11.9 Å². The van der Waals surface area contributed by atoms with Gasteiger partial charge in [0.15, 0.2) is 0 Å². The van der Waals surface area contributed by atoms with Gasteiger partial charge in [-0.2, -0.15) is 13.2 Å². The minimum Gasteiger partial charge on any atom is -0.397 e. The lowest BCUT2D eigenvalue weighted by Crippen LogP contribution is -2.12. The average Bonchev–Trinajstić information content (AvgIpc) is 2.90. The molecule has 82 valence electrons. The van der Waals surface area contributed by atoms with Crippen molar-refractivity contribution in [2.24, 2.45) is 0 Å². The molecule has 1 aliphatic rings. The molecule has 0 spiro atoms. The Balaban J connectivity index is 2.51. The monoisotopic (exact) mass is 216 g/mol. The van der Waals surface area contributed by atoms with Gasteiger partial charge in [0.05, 0.1) is 11.4 Å². The molecule has 2 rings (SSSR count). The number of nitrogen functional groups attached to an aromatic ring is 1. The number of hydrogen-bond acceptors (Lipinski definition) is 2. The highest BCUT2D eigenvalue weighted by Crippen LogP contribution is 2.43. The Kier molecular flexibility index (Phi) is 2.13. The second-order valence-electron chi connectivity index (χ2n) is 3.90. The van der Waals surface area contributed by atoms with Crippen LogP contribution in [0.25, 0.3) is 0 Å². The van der Waals surface area contributed by atoms with Gasteiger partial charge >= 0.3 is 6.18 Å². The van der Waals surface area contributed by atoms with Crippen molar-refractivity contribution in [3.63, 3.8) is 0 Å². The predicted octanol–water partition coefficient (Wildman–Crippen LogP) is 2.87. The number of anilines is 1. The third kappa shape index (κ3) is 1.91. The first-order chi connectivity index (χ1) is 6.89. The zero-order valence-corrected chi connectivity index (χ0v) is 8.23. The molecule has 2 nitrogen and oxygen atoms in total. The van der Waals surface area contributed by atoms with Gasteiger partial charge in [0.25, 0.3) is 0 Å². The molecule has 0 amide bonds. The largest absolute Gasteiger partial charge is 0.433 e. The van der Waals surface area contributed by atoms with Gasteiger partial charge in [-0.05, 0) is 31.4 Å². The highest BCUT2D eigenvalue weighted by Gasteiger charge is 2.36. The summed E-state index contributed by atoms with van der Waals surface area (Å²) < 4.78 is 37.4. The van der Waals surface area contributed by atoms with Crippen LogP contribution in [0.4, 0.5) is 18.9 Å². The first kappa shape index (κ1) is 10.3. The summed E-state index contributed by atoms with van der Waals surface area (Å²) in [5, 5.41) is 0. The van der Waals surface area contributed by atoms with E-state index in [1.165, 1.54) is 0 Å². The molecular formula is C10H11F3N2. The summed E-state index contributed by atoms with van der Waals surface area (Å²) in [6, 6.07) is 1.00. The van der Waals surface area contributed by atoms with E-state index in [2.05, 4.69) is 4.98 Å². The fourth-order valence-corrected chi connectivity index (χ4v) is 1.52. The number of halogens is 3. The van der Waals surface area contributed by atoms with Gasteiger partial charge in [-0.15, -0.1) is 0 Å². The fraction of sp³-hybridized carbons (Fsp3) is 0.500. The van der Waals surface area contributed by atoms with E-state index in [4.69, 9.17) is 5.73 Å². The highest BCUT2D eigenvalue weighted by atomic mass is 19.4. The Bertz CT molecular complexity index is 394. The van der Waals surface area contributed by atoms with Gasteiger partial charge in [-0.25, -0.2) is 4.98 Å². The molecule has 5 heteroatoms. The lowest BCUT2D eigenvalue weighted by Gasteiger charge is -2.12. The Labute approximate surface area is 85.3 Å². The van der Waals surface area contributed by atoms with Crippen molar-refractivity contribution in [2.45, 2.75) is 31.9 Å². The Hall–Kier alpha value is -1.26. The van der Waals surface area contributed by atoms with Gasteiger partial charge in [0.1, 0.15) is 5.69 Å². The number of rotatable bonds is 1. The summed E-state index contributed by atoms with van der Waals surface area (Å²) in [6.45, 7) is 1.58. The van der Waals surface area contributed by atoms with Crippen molar-refractivity contribution >= 4 is 5.69 Å². The molecule has 1 saturated carbocycles. The normalized spacial score (nSPS) is 16.8. The fourth-order valence-electron chi connectivity index (χ4n) is 1.52. The zero-order valence-electron chi connectivity index (χ0n) is 8.23. The molecule has 0 bridgehead atoms. The minimum atomic E-state index is -4.39. The second kappa shape index (κ2) is 3.12. The molecule has 1 heterocycles. The molecule has 0 aromatic carbocycles. The van der Waals surface area contributed by atoms with Crippen LogP contribution in [0.2, 0.25) is 0 Å². The quantitative estimate of drug-likeness (QED) is 0.783. The summed E-state index contributed by atoms with van der Waals surface area (Å²) in [4.78, 5) is 3.62. The van der Waals surface area contributed by atoms with Gasteiger partial charge in [0.2, 0.25) is 0 Å². The summed E-state index contributed by atoms with van der Waals surface area (Å²) in [7, 11) is 0. The molecule has 0 unspecified atom stereocenters. The van der Waals surface area contributed by atoms with Crippen LogP contribution in [0.5, 0.6) is 0 Å². The SMILES string of the molecule is Cc1cc(C(F)(F)F)nc(C2CC2)c1N. The van der Waals surface area contributed by atoms with Crippen LogP contribution in [0, 0.1) is 6.92 Å². The Morgan fingerprint density at radius 1 is 1.40 bits per heavy atom. The number of nitrogens with zero attached hydrogens (tertiary/aromatic N) is 1. The maximum atomic E-state index is 12.5. The van der Waals surface area contributed by atoms with Crippen LogP contribution >= 0.6 is 0 Å². The van der Waals surface area contributed by atoms with Crippen molar-refractivity contribution in [1.82, 2.24) is 4.98 Å². The van der Waals surface area contributed by atoms with Gasteiger partial charge in [-0.3, -0.25) is 0 Å². The maximum Gasteiger partial charge on any atom is 0.433 e. The van der Waals surface area contributed by atoms with E-state index in [1.807, 2.05) is 0 Å². The lowest BCUT2D eigenvalue weighted by atomic mass is 10.1. The van der Waals surface area contributed by atoms with Crippen molar-refractivity contribution in [3.8, 4) is 0 Å². The maximum absolute atomic E-state index is 12.5. The number of pyridine rings is 1. The molecule has 0 radical (unpaired) electrons.